The fraction of sp³-hybridized carbons (Fsp3) is 0.100. The Morgan fingerprint density at radius 3 is 2.31 bits per heavy atom. The Bertz CT molecular complexity index is 1050. The van der Waals surface area contributed by atoms with Crippen LogP contribution in [0.2, 0.25) is 0 Å². The van der Waals surface area contributed by atoms with Crippen LogP contribution in [-0.2, 0) is 22.9 Å². The molecule has 1 aliphatic heterocycles. The number of sulfone groups is 1. The topological polar surface area (TPSA) is 37.4 Å². The van der Waals surface area contributed by atoms with Gasteiger partial charge in [-0.3, -0.25) is 0 Å². The highest BCUT2D eigenvalue weighted by Crippen LogP contribution is 2.26. The van der Waals surface area contributed by atoms with Crippen molar-refractivity contribution in [1.29, 1.82) is 0 Å². The number of fused-ring (bicyclic) bond motifs is 1. The van der Waals surface area contributed by atoms with Gasteiger partial charge in [-0.2, -0.15) is 0 Å². The summed E-state index contributed by atoms with van der Waals surface area (Å²) in [7, 11) is -3.63. The van der Waals surface area contributed by atoms with Crippen molar-refractivity contribution in [2.24, 2.45) is 0 Å². The van der Waals surface area contributed by atoms with E-state index in [2.05, 4.69) is 28.6 Å². The van der Waals surface area contributed by atoms with Gasteiger partial charge in [0.05, 0.1) is 16.3 Å². The minimum absolute atomic E-state index is 0.0934. The second kappa shape index (κ2) is 6.70. The summed E-state index contributed by atoms with van der Waals surface area (Å²) in [6.45, 7) is 1.57. The molecular weight excluding hydrogens is 369 g/mol. The number of hydrogen-bond acceptors (Lipinski definition) is 4. The van der Waals surface area contributed by atoms with Crippen LogP contribution in [0.4, 0.5) is 4.39 Å². The lowest BCUT2D eigenvalue weighted by Gasteiger charge is -2.23. The third-order valence-electron chi connectivity index (χ3n) is 4.33. The molecule has 3 nitrogen and oxygen atoms in total. The number of rotatable bonds is 4. The van der Waals surface area contributed by atoms with Crippen molar-refractivity contribution in [2.45, 2.75) is 22.9 Å². The monoisotopic (exact) mass is 385 g/mol. The van der Waals surface area contributed by atoms with Crippen molar-refractivity contribution in [3.63, 3.8) is 0 Å². The van der Waals surface area contributed by atoms with Crippen LogP contribution in [0.1, 0.15) is 16.0 Å². The molecule has 132 valence electrons. The van der Waals surface area contributed by atoms with Gasteiger partial charge in [0.25, 0.3) is 0 Å². The highest BCUT2D eigenvalue weighted by Gasteiger charge is 2.18. The molecule has 1 aromatic heterocycles. The molecule has 0 N–H and O–H groups in total. The van der Waals surface area contributed by atoms with E-state index in [1.54, 1.807) is 23.5 Å². The molecular formula is C20H16FNO2S2. The van der Waals surface area contributed by atoms with Gasteiger partial charge in [-0.1, -0.05) is 12.1 Å². The molecule has 0 aliphatic carbocycles. The van der Waals surface area contributed by atoms with Gasteiger partial charge in [-0.05, 0) is 65.0 Å². The molecule has 0 saturated heterocycles. The summed E-state index contributed by atoms with van der Waals surface area (Å²) in [6, 6.07) is 13.9. The van der Waals surface area contributed by atoms with Gasteiger partial charge < -0.3 is 4.90 Å². The predicted molar refractivity (Wildman–Crippen MR) is 101 cm³/mol. The van der Waals surface area contributed by atoms with E-state index >= 15 is 0 Å². The van der Waals surface area contributed by atoms with Crippen molar-refractivity contribution in [3.05, 3.63) is 88.0 Å². The molecule has 1 aliphatic rings. The Balaban J connectivity index is 1.51. The van der Waals surface area contributed by atoms with Gasteiger partial charge in [-0.15, -0.1) is 11.3 Å². The quantitative estimate of drug-likeness (QED) is 0.611. The lowest BCUT2D eigenvalue weighted by atomic mass is 10.1. The van der Waals surface area contributed by atoms with Crippen molar-refractivity contribution in [2.75, 3.05) is 0 Å². The Kier molecular flexibility index (Phi) is 4.38. The largest absolute Gasteiger partial charge is 0.368 e. The molecule has 0 amide bonds. The van der Waals surface area contributed by atoms with Gasteiger partial charge in [0.2, 0.25) is 9.84 Å². The molecule has 2 aromatic carbocycles. The smallest absolute Gasteiger partial charge is 0.206 e. The van der Waals surface area contributed by atoms with Gasteiger partial charge in [-0.25, -0.2) is 12.8 Å². The van der Waals surface area contributed by atoms with Crippen molar-refractivity contribution >= 4 is 27.3 Å². The highest BCUT2D eigenvalue weighted by atomic mass is 32.2. The van der Waals surface area contributed by atoms with Gasteiger partial charge in [0.1, 0.15) is 5.82 Å². The molecule has 3 aromatic rings. The first-order chi connectivity index (χ1) is 12.5. The zero-order valence-electron chi connectivity index (χ0n) is 13.8. The van der Waals surface area contributed by atoms with E-state index < -0.39 is 15.7 Å². The Morgan fingerprint density at radius 2 is 1.62 bits per heavy atom. The van der Waals surface area contributed by atoms with Gasteiger partial charge >= 0.3 is 0 Å². The summed E-state index contributed by atoms with van der Waals surface area (Å²) in [5.41, 5.74) is 2.31. The normalized spacial score (nSPS) is 13.7. The maximum absolute atomic E-state index is 13.0. The van der Waals surface area contributed by atoms with Crippen LogP contribution in [0.5, 0.6) is 0 Å². The van der Waals surface area contributed by atoms with E-state index in [-0.39, 0.29) is 9.79 Å². The third-order valence-corrected chi connectivity index (χ3v) is 7.04. The minimum atomic E-state index is -3.63. The molecule has 26 heavy (non-hydrogen) atoms. The Morgan fingerprint density at radius 1 is 0.962 bits per heavy atom. The standard InChI is InChI=1S/C20H16FNO2S2/c21-17-3-7-19(8-4-17)26(23,24)18-5-1-15(2-6-18)13-22-11-9-16-10-12-25-20(16)14-22/h1-12H,13-14H2. The van der Waals surface area contributed by atoms with Crippen LogP contribution in [0.15, 0.2) is 76.0 Å². The van der Waals surface area contributed by atoms with E-state index in [1.165, 1.54) is 22.6 Å². The van der Waals surface area contributed by atoms with E-state index in [0.29, 0.717) is 6.54 Å². The van der Waals surface area contributed by atoms with E-state index in [1.807, 2.05) is 12.1 Å². The molecule has 0 fully saturated rings. The predicted octanol–water partition coefficient (Wildman–Crippen LogP) is 4.71. The maximum Gasteiger partial charge on any atom is 0.206 e. The zero-order chi connectivity index (χ0) is 18.1. The second-order valence-corrected chi connectivity index (χ2v) is 9.07. The lowest BCUT2D eigenvalue weighted by Crippen LogP contribution is -2.18. The fourth-order valence-electron chi connectivity index (χ4n) is 2.92. The summed E-state index contributed by atoms with van der Waals surface area (Å²) in [5.74, 6) is -0.456. The SMILES string of the molecule is O=S(=O)(c1ccc(F)cc1)c1ccc(CN2C=Cc3ccsc3C2)cc1. The number of halogens is 1. The molecule has 6 heteroatoms. The summed E-state index contributed by atoms with van der Waals surface area (Å²) in [4.78, 5) is 3.84. The lowest BCUT2D eigenvalue weighted by molar-refractivity contribution is 0.363. The molecule has 2 heterocycles. The van der Waals surface area contributed by atoms with Crippen LogP contribution in [0.3, 0.4) is 0 Å². The first kappa shape index (κ1) is 17.0. The average molecular weight is 385 g/mol. The van der Waals surface area contributed by atoms with Gasteiger partial charge in [0, 0.05) is 17.6 Å². The summed E-state index contributed by atoms with van der Waals surface area (Å²) >= 11 is 1.75. The van der Waals surface area contributed by atoms with Crippen LogP contribution >= 0.6 is 11.3 Å². The van der Waals surface area contributed by atoms with Crippen LogP contribution in [0, 0.1) is 5.82 Å². The average Bonchev–Trinajstić information content (AvgIpc) is 3.10. The first-order valence-electron chi connectivity index (χ1n) is 8.10. The first-order valence-corrected chi connectivity index (χ1v) is 10.5. The van der Waals surface area contributed by atoms with Crippen LogP contribution < -0.4 is 0 Å². The molecule has 0 bridgehead atoms. The molecule has 0 atom stereocenters. The van der Waals surface area contributed by atoms with Crippen molar-refractivity contribution in [3.8, 4) is 0 Å². The minimum Gasteiger partial charge on any atom is -0.368 e. The number of hydrogen-bond donors (Lipinski definition) is 0. The van der Waals surface area contributed by atoms with Crippen molar-refractivity contribution in [1.82, 2.24) is 4.90 Å². The summed E-state index contributed by atoms with van der Waals surface area (Å²) < 4.78 is 38.2. The fourth-order valence-corrected chi connectivity index (χ4v) is 5.07. The van der Waals surface area contributed by atoms with E-state index in [4.69, 9.17) is 0 Å². The van der Waals surface area contributed by atoms with Crippen LogP contribution in [-0.4, -0.2) is 13.3 Å². The summed E-state index contributed by atoms with van der Waals surface area (Å²) in [5, 5.41) is 2.09. The highest BCUT2D eigenvalue weighted by molar-refractivity contribution is 7.91. The van der Waals surface area contributed by atoms with E-state index in [0.717, 1.165) is 24.2 Å². The molecule has 0 saturated carbocycles. The number of thiophene rings is 1. The molecule has 0 unspecified atom stereocenters. The van der Waals surface area contributed by atoms with Crippen molar-refractivity contribution < 1.29 is 12.8 Å². The van der Waals surface area contributed by atoms with E-state index in [9.17, 15) is 12.8 Å². The molecule has 0 spiro atoms. The third kappa shape index (κ3) is 3.30. The Labute approximate surface area is 156 Å². The number of nitrogens with zero attached hydrogens (tertiary/aromatic N) is 1. The Hall–Kier alpha value is -2.44. The second-order valence-electron chi connectivity index (χ2n) is 6.12. The maximum atomic E-state index is 13.0. The summed E-state index contributed by atoms with van der Waals surface area (Å²) in [6.07, 6.45) is 4.17. The van der Waals surface area contributed by atoms with Crippen LogP contribution in [0.25, 0.3) is 6.08 Å². The molecule has 0 radical (unpaired) electrons. The molecule has 4 rings (SSSR count). The number of benzene rings is 2. The van der Waals surface area contributed by atoms with Gasteiger partial charge in [0.15, 0.2) is 0 Å². The zero-order valence-corrected chi connectivity index (χ0v) is 15.4.